The molecule has 0 radical (unpaired) electrons. The minimum Gasteiger partial charge on any atom is -0.298 e. The van der Waals surface area contributed by atoms with Crippen LogP contribution in [0.1, 0.15) is 20.7 Å². The van der Waals surface area contributed by atoms with Crippen molar-refractivity contribution in [2.24, 2.45) is 0 Å². The predicted molar refractivity (Wildman–Crippen MR) is 119 cm³/mol. The smallest absolute Gasteiger partial charge is 0.150 e. The maximum absolute atomic E-state index is 10.9. The molecule has 0 spiro atoms. The van der Waals surface area contributed by atoms with Crippen LogP contribution in [0.3, 0.4) is 0 Å². The highest BCUT2D eigenvalue weighted by atomic mass is 16.1. The number of fused-ring (bicyclic) bond motifs is 3. The quantitative estimate of drug-likeness (QED) is 0.291. The predicted octanol–water partition coefficient (Wildman–Crippen LogP) is 5.74. The van der Waals surface area contributed by atoms with E-state index < -0.39 is 0 Å². The minimum absolute atomic E-state index is 0.636. The summed E-state index contributed by atoms with van der Waals surface area (Å²) < 4.78 is 0. The average Bonchev–Trinajstić information content (AvgIpc) is 2.83. The van der Waals surface area contributed by atoms with E-state index in [2.05, 4.69) is 0 Å². The third-order valence-corrected chi connectivity index (χ3v) is 5.20. The van der Waals surface area contributed by atoms with Gasteiger partial charge in [0.05, 0.1) is 22.4 Å². The standard InChI is InChI=1S/C26H16N2O2/c29-15-17-1-5-19(6-2-17)23-13-11-21-9-10-22-12-14-24(28-26(22)25(21)27-23)20-7-3-18(16-30)4-8-20/h1-16H. The van der Waals surface area contributed by atoms with Crippen molar-refractivity contribution in [3.63, 3.8) is 0 Å². The Labute approximate surface area is 172 Å². The van der Waals surface area contributed by atoms with Gasteiger partial charge in [-0.3, -0.25) is 9.59 Å². The molecule has 3 aromatic carbocycles. The molecule has 5 aromatic rings. The third kappa shape index (κ3) is 3.14. The fraction of sp³-hybridized carbons (Fsp3) is 0. The zero-order valence-corrected chi connectivity index (χ0v) is 15.9. The van der Waals surface area contributed by atoms with Crippen molar-refractivity contribution in [2.75, 3.05) is 0 Å². The summed E-state index contributed by atoms with van der Waals surface area (Å²) in [6.07, 6.45) is 1.66. The van der Waals surface area contributed by atoms with Crippen LogP contribution in [-0.4, -0.2) is 22.5 Å². The van der Waals surface area contributed by atoms with Gasteiger partial charge >= 0.3 is 0 Å². The molecule has 0 saturated heterocycles. The molecule has 0 aliphatic heterocycles. The van der Waals surface area contributed by atoms with Crippen LogP contribution in [0.4, 0.5) is 0 Å². The second-order valence-electron chi connectivity index (χ2n) is 7.08. The molecule has 4 heteroatoms. The highest BCUT2D eigenvalue weighted by Gasteiger charge is 2.09. The lowest BCUT2D eigenvalue weighted by atomic mass is 10.0. The van der Waals surface area contributed by atoms with E-state index in [1.165, 1.54) is 0 Å². The molecule has 0 saturated carbocycles. The second-order valence-corrected chi connectivity index (χ2v) is 7.08. The van der Waals surface area contributed by atoms with Gasteiger partial charge in [0.25, 0.3) is 0 Å². The summed E-state index contributed by atoms with van der Waals surface area (Å²) in [7, 11) is 0. The molecule has 30 heavy (non-hydrogen) atoms. The number of benzene rings is 3. The minimum atomic E-state index is 0.636. The topological polar surface area (TPSA) is 59.9 Å². The average molecular weight is 388 g/mol. The Morgan fingerprint density at radius 2 is 0.833 bits per heavy atom. The van der Waals surface area contributed by atoms with Crippen molar-refractivity contribution in [3.05, 3.63) is 96.1 Å². The molecule has 0 fully saturated rings. The van der Waals surface area contributed by atoms with E-state index in [0.717, 1.165) is 56.9 Å². The van der Waals surface area contributed by atoms with Crippen molar-refractivity contribution in [1.82, 2.24) is 9.97 Å². The molecule has 142 valence electrons. The van der Waals surface area contributed by atoms with Crippen molar-refractivity contribution in [1.29, 1.82) is 0 Å². The molecule has 0 aliphatic rings. The number of aromatic nitrogens is 2. The van der Waals surface area contributed by atoms with Gasteiger partial charge in [0.2, 0.25) is 0 Å². The van der Waals surface area contributed by atoms with Crippen molar-refractivity contribution >= 4 is 34.4 Å². The van der Waals surface area contributed by atoms with Gasteiger partial charge in [0, 0.05) is 33.0 Å². The summed E-state index contributed by atoms with van der Waals surface area (Å²) in [6.45, 7) is 0. The summed E-state index contributed by atoms with van der Waals surface area (Å²) in [5, 5.41) is 2.02. The van der Waals surface area contributed by atoms with Gasteiger partial charge in [-0.15, -0.1) is 0 Å². The molecule has 2 aromatic heterocycles. The van der Waals surface area contributed by atoms with Gasteiger partial charge in [0.1, 0.15) is 12.6 Å². The maximum Gasteiger partial charge on any atom is 0.150 e. The lowest BCUT2D eigenvalue weighted by Gasteiger charge is -2.08. The van der Waals surface area contributed by atoms with E-state index in [1.54, 1.807) is 24.3 Å². The van der Waals surface area contributed by atoms with Crippen LogP contribution in [0, 0.1) is 0 Å². The molecular weight excluding hydrogens is 372 g/mol. The number of rotatable bonds is 4. The number of hydrogen-bond donors (Lipinski definition) is 0. The maximum atomic E-state index is 10.9. The monoisotopic (exact) mass is 388 g/mol. The Morgan fingerprint density at radius 1 is 0.467 bits per heavy atom. The van der Waals surface area contributed by atoms with E-state index in [0.29, 0.717) is 11.1 Å². The lowest BCUT2D eigenvalue weighted by molar-refractivity contribution is 0.111. The second kappa shape index (κ2) is 7.33. The number of hydrogen-bond acceptors (Lipinski definition) is 4. The zero-order chi connectivity index (χ0) is 20.5. The van der Waals surface area contributed by atoms with Gasteiger partial charge in [-0.1, -0.05) is 72.8 Å². The number of nitrogens with zero attached hydrogens (tertiary/aromatic N) is 2. The Hall–Kier alpha value is -4.18. The van der Waals surface area contributed by atoms with Crippen LogP contribution in [0.15, 0.2) is 84.9 Å². The van der Waals surface area contributed by atoms with Crippen LogP contribution < -0.4 is 0 Å². The first kappa shape index (κ1) is 17.9. The first-order valence-electron chi connectivity index (χ1n) is 9.57. The SMILES string of the molecule is O=Cc1ccc(-c2ccc3ccc4ccc(-c5ccc(C=O)cc5)nc4c3n2)cc1. The van der Waals surface area contributed by atoms with E-state index in [4.69, 9.17) is 9.97 Å². The summed E-state index contributed by atoms with van der Waals surface area (Å²) >= 11 is 0. The Balaban J connectivity index is 1.67. The Bertz CT molecular complexity index is 1300. The highest BCUT2D eigenvalue weighted by Crippen LogP contribution is 2.28. The fourth-order valence-corrected chi connectivity index (χ4v) is 3.55. The van der Waals surface area contributed by atoms with Crippen LogP contribution in [0.5, 0.6) is 0 Å². The Morgan fingerprint density at radius 3 is 1.20 bits per heavy atom. The Kier molecular flexibility index (Phi) is 4.37. The lowest BCUT2D eigenvalue weighted by Crippen LogP contribution is -1.91. The van der Waals surface area contributed by atoms with E-state index in [1.807, 2.05) is 60.7 Å². The van der Waals surface area contributed by atoms with Crippen LogP contribution in [-0.2, 0) is 0 Å². The zero-order valence-electron chi connectivity index (χ0n) is 15.9. The third-order valence-electron chi connectivity index (χ3n) is 5.20. The van der Waals surface area contributed by atoms with Gasteiger partial charge in [-0.2, -0.15) is 0 Å². The summed E-state index contributed by atoms with van der Waals surface area (Å²) in [5.41, 5.74) is 6.48. The summed E-state index contributed by atoms with van der Waals surface area (Å²) in [5.74, 6) is 0. The van der Waals surface area contributed by atoms with Crippen LogP contribution in [0.2, 0.25) is 0 Å². The largest absolute Gasteiger partial charge is 0.298 e. The molecule has 0 N–H and O–H groups in total. The molecule has 4 nitrogen and oxygen atoms in total. The molecule has 2 heterocycles. The van der Waals surface area contributed by atoms with Crippen molar-refractivity contribution in [3.8, 4) is 22.5 Å². The van der Waals surface area contributed by atoms with Gasteiger partial charge in [-0.05, 0) is 12.1 Å². The number of pyridine rings is 2. The first-order chi connectivity index (χ1) is 14.7. The fourth-order valence-electron chi connectivity index (χ4n) is 3.55. The van der Waals surface area contributed by atoms with Crippen molar-refractivity contribution < 1.29 is 9.59 Å². The molecule has 0 unspecified atom stereocenters. The molecule has 0 amide bonds. The van der Waals surface area contributed by atoms with Gasteiger partial charge in [0.15, 0.2) is 0 Å². The molecular formula is C26H16N2O2. The van der Waals surface area contributed by atoms with Gasteiger partial charge in [-0.25, -0.2) is 9.97 Å². The van der Waals surface area contributed by atoms with Crippen molar-refractivity contribution in [2.45, 2.75) is 0 Å². The van der Waals surface area contributed by atoms with Crippen LogP contribution >= 0.6 is 0 Å². The molecule has 0 atom stereocenters. The van der Waals surface area contributed by atoms with E-state index in [-0.39, 0.29) is 0 Å². The summed E-state index contributed by atoms with van der Waals surface area (Å²) in [6, 6.07) is 26.9. The molecule has 5 rings (SSSR count). The highest BCUT2D eigenvalue weighted by molar-refractivity contribution is 6.04. The normalized spacial score (nSPS) is 10.9. The van der Waals surface area contributed by atoms with E-state index >= 15 is 0 Å². The van der Waals surface area contributed by atoms with Gasteiger partial charge < -0.3 is 0 Å². The number of aldehydes is 2. The summed E-state index contributed by atoms with van der Waals surface area (Å²) in [4.78, 5) is 31.6. The molecule has 0 aliphatic carbocycles. The molecule has 0 bridgehead atoms. The van der Waals surface area contributed by atoms with E-state index in [9.17, 15) is 9.59 Å². The first-order valence-corrected chi connectivity index (χ1v) is 9.57. The number of carbonyl (C=O) groups excluding carboxylic acids is 2. The number of carbonyl (C=O) groups is 2. The van der Waals surface area contributed by atoms with Crippen LogP contribution in [0.25, 0.3) is 44.3 Å².